The number of benzene rings is 1. The third-order valence-corrected chi connectivity index (χ3v) is 2.74. The number of methoxy groups -OCH3 is 1. The summed E-state index contributed by atoms with van der Waals surface area (Å²) in [6, 6.07) is 5.57. The lowest BCUT2D eigenvalue weighted by atomic mass is 10.3. The van der Waals surface area contributed by atoms with Gasteiger partial charge in [0, 0.05) is 0 Å². The van der Waals surface area contributed by atoms with Crippen molar-refractivity contribution in [3.8, 4) is 11.5 Å². The molecule has 0 saturated carbocycles. The molecule has 0 unspecified atom stereocenters. The van der Waals surface area contributed by atoms with Crippen LogP contribution in [-0.2, 0) is 4.79 Å². The molecule has 0 N–H and O–H groups in total. The maximum Gasteiger partial charge on any atom is 0.321 e. The Labute approximate surface area is 80.0 Å². The molecule has 1 aromatic rings. The zero-order valence-corrected chi connectivity index (χ0v) is 7.89. The van der Waals surface area contributed by atoms with Crippen molar-refractivity contribution in [2.75, 3.05) is 12.9 Å². The molecule has 0 radical (unpaired) electrons. The van der Waals surface area contributed by atoms with Crippen LogP contribution in [0.25, 0.3) is 0 Å². The minimum absolute atomic E-state index is 0.220. The summed E-state index contributed by atoms with van der Waals surface area (Å²) >= 11 is 1.47. The number of carbonyl (C=O) groups excluding carboxylic acids is 1. The number of hydrogen-bond donors (Lipinski definition) is 0. The van der Waals surface area contributed by atoms with Crippen LogP contribution in [0.1, 0.15) is 0 Å². The molecule has 0 fully saturated rings. The topological polar surface area (TPSA) is 35.5 Å². The average molecular weight is 196 g/mol. The molecule has 2 rings (SSSR count). The van der Waals surface area contributed by atoms with Gasteiger partial charge in [0.1, 0.15) is 0 Å². The van der Waals surface area contributed by atoms with Crippen LogP contribution in [0.4, 0.5) is 0 Å². The molecule has 13 heavy (non-hydrogen) atoms. The van der Waals surface area contributed by atoms with E-state index in [9.17, 15) is 4.79 Å². The Morgan fingerprint density at radius 3 is 3.15 bits per heavy atom. The Kier molecular flexibility index (Phi) is 2.14. The van der Waals surface area contributed by atoms with Gasteiger partial charge >= 0.3 is 5.97 Å². The molecule has 1 aromatic carbocycles. The molecule has 4 heteroatoms. The minimum atomic E-state index is -0.220. The molecule has 0 aromatic heterocycles. The summed E-state index contributed by atoms with van der Waals surface area (Å²) in [5, 5.41) is 0. The highest BCUT2D eigenvalue weighted by molar-refractivity contribution is 8.00. The van der Waals surface area contributed by atoms with E-state index in [-0.39, 0.29) is 5.97 Å². The lowest BCUT2D eigenvalue weighted by Crippen LogP contribution is -2.15. The first-order valence-electron chi connectivity index (χ1n) is 3.82. The van der Waals surface area contributed by atoms with E-state index in [2.05, 4.69) is 0 Å². The Morgan fingerprint density at radius 2 is 2.38 bits per heavy atom. The first-order valence-corrected chi connectivity index (χ1v) is 4.80. The Bertz CT molecular complexity index is 334. The molecule has 1 aliphatic rings. The van der Waals surface area contributed by atoms with Crippen LogP contribution in [-0.4, -0.2) is 18.8 Å². The van der Waals surface area contributed by atoms with Crippen LogP contribution in [0.2, 0.25) is 0 Å². The second-order valence-corrected chi connectivity index (χ2v) is 3.57. The fraction of sp³-hybridized carbons (Fsp3) is 0.222. The summed E-state index contributed by atoms with van der Waals surface area (Å²) in [5.41, 5.74) is 0. The molecular weight excluding hydrogens is 188 g/mol. The number of carbonyl (C=O) groups is 1. The van der Waals surface area contributed by atoms with Gasteiger partial charge in [-0.1, -0.05) is 6.07 Å². The highest BCUT2D eigenvalue weighted by Gasteiger charge is 2.20. The van der Waals surface area contributed by atoms with Gasteiger partial charge in [0.2, 0.25) is 0 Å². The molecule has 0 bridgehead atoms. The Morgan fingerprint density at radius 1 is 1.54 bits per heavy atom. The van der Waals surface area contributed by atoms with Crippen molar-refractivity contribution in [1.29, 1.82) is 0 Å². The van der Waals surface area contributed by atoms with Crippen molar-refractivity contribution in [3.63, 3.8) is 0 Å². The van der Waals surface area contributed by atoms with Gasteiger partial charge in [-0.05, 0) is 12.1 Å². The predicted molar refractivity (Wildman–Crippen MR) is 49.4 cm³/mol. The highest BCUT2D eigenvalue weighted by Crippen LogP contribution is 2.40. The monoisotopic (exact) mass is 196 g/mol. The van der Waals surface area contributed by atoms with Crippen LogP contribution in [0.3, 0.4) is 0 Å². The number of esters is 1. The molecule has 0 saturated heterocycles. The fourth-order valence-corrected chi connectivity index (χ4v) is 1.93. The maximum absolute atomic E-state index is 11.0. The summed E-state index contributed by atoms with van der Waals surface area (Å²) in [5.74, 6) is 1.31. The average Bonchev–Trinajstić information content (AvgIpc) is 2.17. The van der Waals surface area contributed by atoms with Crippen LogP contribution in [0.5, 0.6) is 11.5 Å². The van der Waals surface area contributed by atoms with Gasteiger partial charge in [0.25, 0.3) is 0 Å². The summed E-state index contributed by atoms with van der Waals surface area (Å²) in [7, 11) is 1.56. The van der Waals surface area contributed by atoms with E-state index in [0.29, 0.717) is 17.3 Å². The van der Waals surface area contributed by atoms with Gasteiger partial charge in [-0.25, -0.2) is 0 Å². The number of hydrogen-bond acceptors (Lipinski definition) is 4. The van der Waals surface area contributed by atoms with E-state index in [1.165, 1.54) is 11.8 Å². The van der Waals surface area contributed by atoms with Gasteiger partial charge in [-0.15, -0.1) is 11.8 Å². The van der Waals surface area contributed by atoms with Gasteiger partial charge < -0.3 is 9.47 Å². The lowest BCUT2D eigenvalue weighted by Gasteiger charge is -2.16. The largest absolute Gasteiger partial charge is 0.493 e. The number of thioether (sulfide) groups is 1. The normalized spacial score (nSPS) is 14.7. The van der Waals surface area contributed by atoms with E-state index < -0.39 is 0 Å². The molecular formula is C9H8O3S. The van der Waals surface area contributed by atoms with Crippen LogP contribution in [0, 0.1) is 0 Å². The van der Waals surface area contributed by atoms with E-state index in [0.717, 1.165) is 4.90 Å². The molecule has 1 aliphatic heterocycles. The van der Waals surface area contributed by atoms with Crippen LogP contribution < -0.4 is 9.47 Å². The summed E-state index contributed by atoms with van der Waals surface area (Å²) < 4.78 is 10.1. The first-order chi connectivity index (χ1) is 6.31. The SMILES string of the molecule is COc1cccc2c1OC(=O)CS2. The molecule has 68 valence electrons. The van der Waals surface area contributed by atoms with Crippen molar-refractivity contribution in [3.05, 3.63) is 18.2 Å². The highest BCUT2D eigenvalue weighted by atomic mass is 32.2. The van der Waals surface area contributed by atoms with Crippen molar-refractivity contribution in [2.45, 2.75) is 4.90 Å². The first kappa shape index (κ1) is 8.44. The van der Waals surface area contributed by atoms with Crippen molar-refractivity contribution >= 4 is 17.7 Å². The summed E-state index contributed by atoms with van der Waals surface area (Å²) in [4.78, 5) is 12.0. The zero-order valence-electron chi connectivity index (χ0n) is 7.07. The van der Waals surface area contributed by atoms with E-state index in [1.807, 2.05) is 12.1 Å². The Balaban J connectivity index is 2.46. The predicted octanol–water partition coefficient (Wildman–Crippen LogP) is 1.71. The molecule has 0 aliphatic carbocycles. The summed E-state index contributed by atoms with van der Waals surface area (Å²) in [6.45, 7) is 0. The third-order valence-electron chi connectivity index (χ3n) is 1.72. The second kappa shape index (κ2) is 3.30. The van der Waals surface area contributed by atoms with Crippen molar-refractivity contribution in [2.24, 2.45) is 0 Å². The number of para-hydroxylation sites is 1. The van der Waals surface area contributed by atoms with Gasteiger partial charge in [-0.2, -0.15) is 0 Å². The molecule has 1 heterocycles. The summed E-state index contributed by atoms with van der Waals surface area (Å²) in [6.07, 6.45) is 0. The second-order valence-electron chi connectivity index (χ2n) is 2.55. The van der Waals surface area contributed by atoms with E-state index in [1.54, 1.807) is 13.2 Å². The number of rotatable bonds is 1. The van der Waals surface area contributed by atoms with Crippen LogP contribution in [0.15, 0.2) is 23.1 Å². The van der Waals surface area contributed by atoms with Gasteiger partial charge in [0.05, 0.1) is 17.8 Å². The van der Waals surface area contributed by atoms with Crippen molar-refractivity contribution in [1.82, 2.24) is 0 Å². The number of fused-ring (bicyclic) bond motifs is 1. The van der Waals surface area contributed by atoms with Crippen LogP contribution >= 0.6 is 11.8 Å². The van der Waals surface area contributed by atoms with E-state index >= 15 is 0 Å². The molecule has 0 spiro atoms. The zero-order chi connectivity index (χ0) is 9.26. The third kappa shape index (κ3) is 1.49. The van der Waals surface area contributed by atoms with Crippen molar-refractivity contribution < 1.29 is 14.3 Å². The van der Waals surface area contributed by atoms with Gasteiger partial charge in [0.15, 0.2) is 11.5 Å². The Hall–Kier alpha value is -1.16. The number of ether oxygens (including phenoxy) is 2. The molecule has 0 amide bonds. The quantitative estimate of drug-likeness (QED) is 0.506. The maximum atomic E-state index is 11.0. The molecule has 0 atom stereocenters. The standard InChI is InChI=1S/C9H8O3S/c1-11-6-3-2-4-7-9(6)12-8(10)5-13-7/h2-4H,5H2,1H3. The van der Waals surface area contributed by atoms with E-state index in [4.69, 9.17) is 9.47 Å². The molecule has 3 nitrogen and oxygen atoms in total. The fourth-order valence-electron chi connectivity index (χ4n) is 1.15. The minimum Gasteiger partial charge on any atom is -0.493 e. The smallest absolute Gasteiger partial charge is 0.321 e. The van der Waals surface area contributed by atoms with Gasteiger partial charge in [-0.3, -0.25) is 4.79 Å². The lowest BCUT2D eigenvalue weighted by molar-refractivity contribution is -0.131.